The van der Waals surface area contributed by atoms with E-state index >= 15 is 0 Å². The summed E-state index contributed by atoms with van der Waals surface area (Å²) in [7, 11) is 5.61. The zero-order chi connectivity index (χ0) is 31.1. The highest BCUT2D eigenvalue weighted by molar-refractivity contribution is 5.93. The third-order valence-corrected chi connectivity index (χ3v) is 8.50. The van der Waals surface area contributed by atoms with Gasteiger partial charge in [0.1, 0.15) is 11.9 Å². The number of nitrogens with two attached hydrogens (primary N) is 1. The van der Waals surface area contributed by atoms with Crippen LogP contribution in [0, 0.1) is 0 Å². The van der Waals surface area contributed by atoms with Crippen molar-refractivity contribution >= 4 is 23.1 Å². The van der Waals surface area contributed by atoms with Crippen molar-refractivity contribution in [2.45, 2.75) is 70.6 Å². The summed E-state index contributed by atoms with van der Waals surface area (Å²) >= 11 is 0. The number of nitrogens with one attached hydrogen (secondary N) is 2. The molecule has 2 amide bonds. The minimum absolute atomic E-state index is 0.145. The number of nitrogens with zero attached hydrogens (tertiary/aromatic N) is 4. The zero-order valence-electron chi connectivity index (χ0n) is 26.4. The van der Waals surface area contributed by atoms with Crippen LogP contribution < -0.4 is 25.8 Å². The second kappa shape index (κ2) is 11.4. The van der Waals surface area contributed by atoms with Crippen LogP contribution in [-0.2, 0) is 11.0 Å². The number of rotatable bonds is 7. The van der Waals surface area contributed by atoms with Gasteiger partial charge in [-0.3, -0.25) is 9.30 Å². The van der Waals surface area contributed by atoms with Gasteiger partial charge in [-0.25, -0.2) is 4.79 Å². The maximum Gasteiger partial charge on any atom is 0.319 e. The summed E-state index contributed by atoms with van der Waals surface area (Å²) in [6, 6.07) is 15.3. The Morgan fingerprint density at radius 2 is 1.74 bits per heavy atom. The van der Waals surface area contributed by atoms with Gasteiger partial charge in [0.05, 0.1) is 36.3 Å². The van der Waals surface area contributed by atoms with Gasteiger partial charge in [-0.05, 0) is 87.2 Å². The molecule has 0 aliphatic heterocycles. The molecule has 0 fully saturated rings. The SMILES string of the molecule is COc1c(N)cc(C(C)(C)C)cc1NC(=O)N[C@H]1CC[C@@H](Oc2ccc3nnc(C(C)(C)N(C)C)n3c2)c2ccccc21. The van der Waals surface area contributed by atoms with Crippen LogP contribution >= 0.6 is 0 Å². The van der Waals surface area contributed by atoms with Gasteiger partial charge < -0.3 is 25.8 Å². The molecule has 228 valence electrons. The molecule has 0 saturated carbocycles. The van der Waals surface area contributed by atoms with Gasteiger partial charge in [0.15, 0.2) is 17.2 Å². The highest BCUT2D eigenvalue weighted by atomic mass is 16.5. The number of anilines is 2. The molecule has 2 aromatic carbocycles. The summed E-state index contributed by atoms with van der Waals surface area (Å²) in [6.07, 6.45) is 3.24. The van der Waals surface area contributed by atoms with Gasteiger partial charge in [0.25, 0.3) is 0 Å². The van der Waals surface area contributed by atoms with E-state index in [2.05, 4.69) is 72.5 Å². The molecule has 0 saturated heterocycles. The number of aromatic nitrogens is 3. The van der Waals surface area contributed by atoms with Crippen molar-refractivity contribution in [1.82, 2.24) is 24.8 Å². The summed E-state index contributed by atoms with van der Waals surface area (Å²) < 4.78 is 14.1. The second-order valence-corrected chi connectivity index (χ2v) is 12.9. The summed E-state index contributed by atoms with van der Waals surface area (Å²) in [6.45, 7) is 10.5. The maximum absolute atomic E-state index is 13.3. The number of hydrogen-bond donors (Lipinski definition) is 3. The van der Waals surface area contributed by atoms with Gasteiger partial charge in [-0.1, -0.05) is 45.0 Å². The van der Waals surface area contributed by atoms with E-state index in [4.69, 9.17) is 15.2 Å². The van der Waals surface area contributed by atoms with Crippen LogP contribution in [0.3, 0.4) is 0 Å². The monoisotopic (exact) mass is 585 g/mol. The van der Waals surface area contributed by atoms with Gasteiger partial charge in [0, 0.05) is 0 Å². The fourth-order valence-corrected chi connectivity index (χ4v) is 5.47. The number of pyridine rings is 1. The van der Waals surface area contributed by atoms with Crippen molar-refractivity contribution in [3.8, 4) is 11.5 Å². The molecule has 0 radical (unpaired) electrons. The van der Waals surface area contributed by atoms with Crippen LogP contribution in [0.2, 0.25) is 0 Å². The molecule has 1 aliphatic rings. The highest BCUT2D eigenvalue weighted by Gasteiger charge is 2.31. The third-order valence-electron chi connectivity index (χ3n) is 8.50. The summed E-state index contributed by atoms with van der Waals surface area (Å²) in [5, 5.41) is 15.0. The molecule has 5 rings (SSSR count). The number of methoxy groups -OCH3 is 1. The first-order valence-corrected chi connectivity index (χ1v) is 14.6. The highest BCUT2D eigenvalue weighted by Crippen LogP contribution is 2.40. The van der Waals surface area contributed by atoms with E-state index in [1.807, 2.05) is 61.1 Å². The lowest BCUT2D eigenvalue weighted by atomic mass is 9.85. The molecule has 10 nitrogen and oxygen atoms in total. The van der Waals surface area contributed by atoms with E-state index in [1.165, 1.54) is 0 Å². The predicted molar refractivity (Wildman–Crippen MR) is 170 cm³/mol. The van der Waals surface area contributed by atoms with Crippen LogP contribution in [0.25, 0.3) is 5.65 Å². The van der Waals surface area contributed by atoms with Crippen LogP contribution in [-0.4, -0.2) is 46.7 Å². The average molecular weight is 586 g/mol. The Morgan fingerprint density at radius 1 is 1.02 bits per heavy atom. The third kappa shape index (κ3) is 5.97. The van der Waals surface area contributed by atoms with Crippen molar-refractivity contribution in [1.29, 1.82) is 0 Å². The topological polar surface area (TPSA) is 119 Å². The van der Waals surface area contributed by atoms with E-state index in [0.717, 1.165) is 40.3 Å². The second-order valence-electron chi connectivity index (χ2n) is 12.9. The Kier molecular flexibility index (Phi) is 8.00. The van der Waals surface area contributed by atoms with Gasteiger partial charge >= 0.3 is 6.03 Å². The molecule has 2 heterocycles. The van der Waals surface area contributed by atoms with Crippen LogP contribution in [0.1, 0.15) is 82.1 Å². The van der Waals surface area contributed by atoms with E-state index in [-0.39, 0.29) is 29.1 Å². The number of carbonyl (C=O) groups is 1. The maximum atomic E-state index is 13.3. The zero-order valence-corrected chi connectivity index (χ0v) is 26.4. The van der Waals surface area contributed by atoms with Crippen molar-refractivity contribution < 1.29 is 14.3 Å². The Bertz CT molecular complexity index is 1640. The molecule has 0 unspecified atom stereocenters. The van der Waals surface area contributed by atoms with E-state index in [0.29, 0.717) is 23.5 Å². The summed E-state index contributed by atoms with van der Waals surface area (Å²) in [5.41, 5.74) is 10.7. The lowest BCUT2D eigenvalue weighted by molar-refractivity contribution is 0.170. The lowest BCUT2D eigenvalue weighted by Crippen LogP contribution is -2.37. The number of benzene rings is 2. The molecular formula is C33H43N7O3. The van der Waals surface area contributed by atoms with Crippen molar-refractivity contribution in [3.63, 3.8) is 0 Å². The van der Waals surface area contributed by atoms with Gasteiger partial charge in [-0.15, -0.1) is 10.2 Å². The number of ether oxygens (including phenoxy) is 2. The number of nitrogen functional groups attached to an aromatic ring is 1. The lowest BCUT2D eigenvalue weighted by Gasteiger charge is -2.32. The molecule has 0 spiro atoms. The van der Waals surface area contributed by atoms with Crippen molar-refractivity contribution in [2.24, 2.45) is 0 Å². The molecule has 2 atom stereocenters. The molecular weight excluding hydrogens is 542 g/mol. The molecule has 1 aliphatic carbocycles. The first-order valence-electron chi connectivity index (χ1n) is 14.6. The Morgan fingerprint density at radius 3 is 2.42 bits per heavy atom. The fourth-order valence-electron chi connectivity index (χ4n) is 5.47. The Labute approximate surface area is 253 Å². The standard InChI is InChI=1S/C33H43N7O3/c1-32(2,3)20-17-24(34)29(42-8)26(18-20)36-31(41)35-25-14-15-27(23-12-10-9-11-22(23)25)43-21-13-16-28-37-38-30(40(28)19-21)33(4,5)39(6)7/h9-13,16-19,25,27H,14-15,34H2,1-8H3,(H2,35,36,41)/t25-,27+/m0/s1. The molecule has 43 heavy (non-hydrogen) atoms. The van der Waals surface area contributed by atoms with Gasteiger partial charge in [-0.2, -0.15) is 0 Å². The quantitative estimate of drug-likeness (QED) is 0.221. The summed E-state index contributed by atoms with van der Waals surface area (Å²) in [4.78, 5) is 15.4. The largest absolute Gasteiger partial charge is 0.492 e. The molecule has 2 aromatic heterocycles. The van der Waals surface area contributed by atoms with E-state index in [9.17, 15) is 4.79 Å². The minimum Gasteiger partial charge on any atom is -0.492 e. The van der Waals surface area contributed by atoms with E-state index in [1.54, 1.807) is 7.11 Å². The molecule has 0 bridgehead atoms. The fraction of sp³-hybridized carbons (Fsp3) is 0.424. The van der Waals surface area contributed by atoms with Crippen LogP contribution in [0.5, 0.6) is 11.5 Å². The number of amides is 2. The van der Waals surface area contributed by atoms with E-state index < -0.39 is 0 Å². The first kappa shape index (κ1) is 30.2. The number of urea groups is 1. The van der Waals surface area contributed by atoms with Crippen LogP contribution in [0.4, 0.5) is 16.2 Å². The number of carbonyl (C=O) groups excluding carboxylic acids is 1. The molecule has 10 heteroatoms. The van der Waals surface area contributed by atoms with Gasteiger partial charge in [0.2, 0.25) is 0 Å². The first-order chi connectivity index (χ1) is 20.3. The molecule has 4 N–H and O–H groups in total. The number of fused-ring (bicyclic) bond motifs is 2. The normalized spacial score (nSPS) is 17.0. The minimum atomic E-state index is -0.322. The predicted octanol–water partition coefficient (Wildman–Crippen LogP) is 6.19. The summed E-state index contributed by atoms with van der Waals surface area (Å²) in [5.74, 6) is 2.02. The van der Waals surface area contributed by atoms with Crippen molar-refractivity contribution in [3.05, 3.63) is 77.2 Å². The Hall–Kier alpha value is -4.31. The van der Waals surface area contributed by atoms with Crippen molar-refractivity contribution in [2.75, 3.05) is 32.3 Å². The molecule has 4 aromatic rings. The average Bonchev–Trinajstić information content (AvgIpc) is 3.38. The Balaban J connectivity index is 1.35. The van der Waals surface area contributed by atoms with Crippen LogP contribution in [0.15, 0.2) is 54.7 Å². The number of hydrogen-bond acceptors (Lipinski definition) is 7. The smallest absolute Gasteiger partial charge is 0.319 e.